The molecule has 2 aromatic rings. The van der Waals surface area contributed by atoms with Gasteiger partial charge in [0.2, 0.25) is 0 Å². The lowest BCUT2D eigenvalue weighted by molar-refractivity contribution is 0.103. The molecule has 2 aromatic carbocycles. The SMILES string of the molecule is N#Cc1ccccc1C(=O)c1ccc(O)c(F)c1. The van der Waals surface area contributed by atoms with E-state index >= 15 is 0 Å². The minimum atomic E-state index is -0.865. The smallest absolute Gasteiger partial charge is 0.194 e. The van der Waals surface area contributed by atoms with Crippen LogP contribution in [-0.4, -0.2) is 10.9 Å². The zero-order valence-corrected chi connectivity index (χ0v) is 9.22. The van der Waals surface area contributed by atoms with Crippen LogP contribution in [0.3, 0.4) is 0 Å². The third kappa shape index (κ3) is 2.06. The van der Waals surface area contributed by atoms with Crippen molar-refractivity contribution in [2.24, 2.45) is 0 Å². The molecule has 0 amide bonds. The average Bonchev–Trinajstić information content (AvgIpc) is 2.41. The van der Waals surface area contributed by atoms with Gasteiger partial charge in [-0.25, -0.2) is 4.39 Å². The minimum Gasteiger partial charge on any atom is -0.505 e. The maximum Gasteiger partial charge on any atom is 0.194 e. The van der Waals surface area contributed by atoms with Crippen molar-refractivity contribution in [2.75, 3.05) is 0 Å². The third-order valence-electron chi connectivity index (χ3n) is 2.50. The van der Waals surface area contributed by atoms with Gasteiger partial charge in [0, 0.05) is 11.1 Å². The van der Waals surface area contributed by atoms with Crippen LogP contribution in [0.1, 0.15) is 21.5 Å². The van der Waals surface area contributed by atoms with Crippen LogP contribution in [0.5, 0.6) is 5.75 Å². The van der Waals surface area contributed by atoms with Crippen molar-refractivity contribution in [3.8, 4) is 11.8 Å². The molecule has 0 fully saturated rings. The van der Waals surface area contributed by atoms with E-state index in [1.54, 1.807) is 12.1 Å². The van der Waals surface area contributed by atoms with Crippen molar-refractivity contribution >= 4 is 5.78 Å². The van der Waals surface area contributed by atoms with Gasteiger partial charge in [0.25, 0.3) is 0 Å². The molecule has 3 nitrogen and oxygen atoms in total. The summed E-state index contributed by atoms with van der Waals surface area (Å²) in [4.78, 5) is 12.1. The van der Waals surface area contributed by atoms with Gasteiger partial charge in [0.1, 0.15) is 0 Å². The average molecular weight is 241 g/mol. The van der Waals surface area contributed by atoms with E-state index in [0.29, 0.717) is 0 Å². The van der Waals surface area contributed by atoms with E-state index in [2.05, 4.69) is 0 Å². The van der Waals surface area contributed by atoms with Gasteiger partial charge < -0.3 is 5.11 Å². The standard InChI is InChI=1S/C14H8FNO2/c15-12-7-9(5-6-13(12)17)14(18)11-4-2-1-3-10(11)8-16/h1-7,17H. The Morgan fingerprint density at radius 2 is 1.94 bits per heavy atom. The fourth-order valence-electron chi connectivity index (χ4n) is 1.58. The maximum atomic E-state index is 13.2. The fourth-order valence-corrected chi connectivity index (χ4v) is 1.58. The Morgan fingerprint density at radius 1 is 1.22 bits per heavy atom. The van der Waals surface area contributed by atoms with Crippen LogP contribution in [0.2, 0.25) is 0 Å². The van der Waals surface area contributed by atoms with E-state index in [0.717, 1.165) is 12.1 Å². The molecular formula is C14H8FNO2. The predicted octanol–water partition coefficient (Wildman–Crippen LogP) is 2.63. The summed E-state index contributed by atoms with van der Waals surface area (Å²) in [5.41, 5.74) is 0.536. The van der Waals surface area contributed by atoms with Crippen molar-refractivity contribution in [3.63, 3.8) is 0 Å². The zero-order valence-electron chi connectivity index (χ0n) is 9.22. The highest BCUT2D eigenvalue weighted by atomic mass is 19.1. The predicted molar refractivity (Wildman–Crippen MR) is 62.7 cm³/mol. The van der Waals surface area contributed by atoms with E-state index in [9.17, 15) is 9.18 Å². The number of nitrogens with zero attached hydrogens (tertiary/aromatic N) is 1. The lowest BCUT2D eigenvalue weighted by Gasteiger charge is -2.04. The highest BCUT2D eigenvalue weighted by molar-refractivity contribution is 6.10. The summed E-state index contributed by atoms with van der Waals surface area (Å²) in [6.45, 7) is 0. The molecule has 0 unspecified atom stereocenters. The van der Waals surface area contributed by atoms with Gasteiger partial charge in [-0.15, -0.1) is 0 Å². The van der Waals surface area contributed by atoms with Gasteiger partial charge in [-0.1, -0.05) is 12.1 Å². The Labute approximate surface area is 103 Å². The van der Waals surface area contributed by atoms with Gasteiger partial charge in [0.05, 0.1) is 11.6 Å². The molecule has 0 aliphatic rings. The first kappa shape index (κ1) is 11.8. The molecule has 0 aliphatic heterocycles. The van der Waals surface area contributed by atoms with Crippen molar-refractivity contribution < 1.29 is 14.3 Å². The Balaban J connectivity index is 2.49. The summed E-state index contributed by atoms with van der Waals surface area (Å²) >= 11 is 0. The Bertz CT molecular complexity index is 659. The molecule has 0 spiro atoms. The Kier molecular flexibility index (Phi) is 3.07. The normalized spacial score (nSPS) is 9.78. The first-order valence-electron chi connectivity index (χ1n) is 5.16. The van der Waals surface area contributed by atoms with Crippen molar-refractivity contribution in [2.45, 2.75) is 0 Å². The second-order valence-electron chi connectivity index (χ2n) is 3.65. The monoisotopic (exact) mass is 241 g/mol. The van der Waals surface area contributed by atoms with Crippen LogP contribution < -0.4 is 0 Å². The van der Waals surface area contributed by atoms with Gasteiger partial charge in [-0.2, -0.15) is 5.26 Å². The molecular weight excluding hydrogens is 233 g/mol. The molecule has 2 rings (SSSR count). The Morgan fingerprint density at radius 3 is 2.61 bits per heavy atom. The van der Waals surface area contributed by atoms with Crippen LogP contribution in [0, 0.1) is 17.1 Å². The number of ketones is 1. The number of benzene rings is 2. The summed E-state index contributed by atoms with van der Waals surface area (Å²) in [6.07, 6.45) is 0. The number of aromatic hydroxyl groups is 1. The summed E-state index contributed by atoms with van der Waals surface area (Å²) in [6, 6.07) is 11.6. The van der Waals surface area contributed by atoms with Crippen LogP contribution in [0.4, 0.5) is 4.39 Å². The van der Waals surface area contributed by atoms with Gasteiger partial charge in [0.15, 0.2) is 17.3 Å². The molecule has 0 aliphatic carbocycles. The molecule has 1 N–H and O–H groups in total. The molecule has 18 heavy (non-hydrogen) atoms. The number of carbonyl (C=O) groups excluding carboxylic acids is 1. The molecule has 0 bridgehead atoms. The van der Waals surface area contributed by atoms with Crippen LogP contribution in [-0.2, 0) is 0 Å². The van der Waals surface area contributed by atoms with E-state index in [-0.39, 0.29) is 16.7 Å². The molecule has 0 saturated heterocycles. The summed E-state index contributed by atoms with van der Waals surface area (Å²) in [5.74, 6) is -1.83. The summed E-state index contributed by atoms with van der Waals surface area (Å²) in [5, 5.41) is 18.0. The number of phenolic OH excluding ortho intramolecular Hbond substituents is 1. The number of halogens is 1. The molecule has 0 heterocycles. The molecule has 0 atom stereocenters. The van der Waals surface area contributed by atoms with Crippen molar-refractivity contribution in [3.05, 3.63) is 65.0 Å². The maximum absolute atomic E-state index is 13.2. The molecule has 0 saturated carbocycles. The minimum absolute atomic E-state index is 0.0907. The zero-order chi connectivity index (χ0) is 13.1. The topological polar surface area (TPSA) is 61.1 Å². The Hall–Kier alpha value is -2.67. The van der Waals surface area contributed by atoms with E-state index in [4.69, 9.17) is 10.4 Å². The van der Waals surface area contributed by atoms with Gasteiger partial charge in [-0.05, 0) is 30.3 Å². The third-order valence-corrected chi connectivity index (χ3v) is 2.50. The lowest BCUT2D eigenvalue weighted by atomic mass is 9.99. The highest BCUT2D eigenvalue weighted by Crippen LogP contribution is 2.19. The van der Waals surface area contributed by atoms with Crippen LogP contribution in [0.15, 0.2) is 42.5 Å². The molecule has 88 valence electrons. The molecule has 4 heteroatoms. The number of nitriles is 1. The van der Waals surface area contributed by atoms with Crippen LogP contribution >= 0.6 is 0 Å². The summed E-state index contributed by atoms with van der Waals surface area (Å²) in [7, 11) is 0. The number of hydrogen-bond acceptors (Lipinski definition) is 3. The fraction of sp³-hybridized carbons (Fsp3) is 0. The van der Waals surface area contributed by atoms with E-state index in [1.807, 2.05) is 6.07 Å². The number of phenols is 1. The highest BCUT2D eigenvalue weighted by Gasteiger charge is 2.14. The largest absolute Gasteiger partial charge is 0.505 e. The first-order chi connectivity index (χ1) is 8.63. The quantitative estimate of drug-likeness (QED) is 0.822. The first-order valence-corrected chi connectivity index (χ1v) is 5.16. The van der Waals surface area contributed by atoms with Crippen molar-refractivity contribution in [1.82, 2.24) is 0 Å². The molecule has 0 aromatic heterocycles. The van der Waals surface area contributed by atoms with Gasteiger partial charge >= 0.3 is 0 Å². The van der Waals surface area contributed by atoms with Crippen LogP contribution in [0.25, 0.3) is 0 Å². The summed E-state index contributed by atoms with van der Waals surface area (Å²) < 4.78 is 13.2. The van der Waals surface area contributed by atoms with E-state index < -0.39 is 17.3 Å². The molecule has 0 radical (unpaired) electrons. The van der Waals surface area contributed by atoms with Gasteiger partial charge in [-0.3, -0.25) is 4.79 Å². The number of rotatable bonds is 2. The lowest BCUT2D eigenvalue weighted by Crippen LogP contribution is -2.04. The van der Waals surface area contributed by atoms with Crippen molar-refractivity contribution in [1.29, 1.82) is 5.26 Å². The number of hydrogen-bond donors (Lipinski definition) is 1. The second kappa shape index (κ2) is 4.68. The second-order valence-corrected chi connectivity index (χ2v) is 3.65. The van der Waals surface area contributed by atoms with E-state index in [1.165, 1.54) is 18.2 Å². The number of carbonyl (C=O) groups is 1.